The van der Waals surface area contributed by atoms with E-state index in [9.17, 15) is 22.3 Å². The average molecular weight is 457 g/mol. The van der Waals surface area contributed by atoms with Gasteiger partial charge in [0.1, 0.15) is 24.2 Å². The lowest BCUT2D eigenvalue weighted by molar-refractivity contribution is -0.142. The second-order valence-corrected chi connectivity index (χ2v) is 10.9. The summed E-state index contributed by atoms with van der Waals surface area (Å²) in [5, 5.41) is -1.12. The molecule has 1 aliphatic heterocycles. The van der Waals surface area contributed by atoms with E-state index in [4.69, 9.17) is 14.2 Å². The van der Waals surface area contributed by atoms with Gasteiger partial charge in [-0.25, -0.2) is 8.42 Å². The molecule has 1 aliphatic rings. The van der Waals surface area contributed by atoms with Crippen LogP contribution in [0.5, 0.6) is 5.75 Å². The highest BCUT2D eigenvalue weighted by Crippen LogP contribution is 2.63. The predicted molar refractivity (Wildman–Crippen MR) is 112 cm³/mol. The van der Waals surface area contributed by atoms with Crippen molar-refractivity contribution in [1.82, 2.24) is 0 Å². The first-order valence-electron chi connectivity index (χ1n) is 9.25. The number of carbonyl (C=O) groups is 1. The van der Waals surface area contributed by atoms with Crippen LogP contribution in [0.15, 0.2) is 58.3 Å². The van der Waals surface area contributed by atoms with Gasteiger partial charge in [-0.15, -0.1) is 0 Å². The van der Waals surface area contributed by atoms with E-state index < -0.39 is 25.7 Å². The zero-order chi connectivity index (χ0) is 21.8. The minimum Gasteiger partial charge on any atom is -0.491 e. The molecule has 3 rings (SSSR count). The molecule has 1 heterocycles. The number of hydrogen-bond acceptors (Lipinski definition) is 8. The van der Waals surface area contributed by atoms with Gasteiger partial charge in [-0.05, 0) is 24.3 Å². The third-order valence-electron chi connectivity index (χ3n) is 4.55. The summed E-state index contributed by atoms with van der Waals surface area (Å²) in [5.74, 6) is -0.420. The van der Waals surface area contributed by atoms with E-state index in [1.54, 1.807) is 30.3 Å². The lowest BCUT2D eigenvalue weighted by Crippen LogP contribution is -2.17. The summed E-state index contributed by atoms with van der Waals surface area (Å²) >= 11 is 0. The minimum atomic E-state index is -3.86. The summed E-state index contributed by atoms with van der Waals surface area (Å²) in [6.45, 7) is 1.96. The second kappa shape index (κ2) is 9.36. The molecule has 8 nitrogen and oxygen atoms in total. The van der Waals surface area contributed by atoms with Crippen molar-refractivity contribution in [2.75, 3.05) is 32.2 Å². The smallest absolute Gasteiger partial charge is 0.302 e. The van der Waals surface area contributed by atoms with Crippen LogP contribution in [0.4, 0.5) is 0 Å². The van der Waals surface area contributed by atoms with Crippen molar-refractivity contribution in [1.29, 1.82) is 0 Å². The number of carbonyl (C=O) groups excluding carboxylic acids is 1. The molecule has 0 saturated carbocycles. The SMILES string of the molecule is CC(=O)OCCOCCOc1cccc2c1C(S(=O)(=O)c1ccccc1)CS2(O)O. The average Bonchev–Trinajstić information content (AvgIpc) is 3.00. The molecule has 0 spiro atoms. The fourth-order valence-corrected chi connectivity index (χ4v) is 7.65. The molecule has 0 amide bonds. The van der Waals surface area contributed by atoms with Gasteiger partial charge in [-0.1, -0.05) is 24.3 Å². The molecule has 30 heavy (non-hydrogen) atoms. The fraction of sp³-hybridized carbons (Fsp3) is 0.350. The Labute approximate surface area is 177 Å². The van der Waals surface area contributed by atoms with Crippen LogP contribution in [-0.2, 0) is 24.1 Å². The molecule has 1 atom stereocenters. The van der Waals surface area contributed by atoms with Gasteiger partial charge in [0.15, 0.2) is 9.84 Å². The Bertz CT molecular complexity index is 989. The number of esters is 1. The second-order valence-electron chi connectivity index (χ2n) is 6.65. The quantitative estimate of drug-likeness (QED) is 0.436. The van der Waals surface area contributed by atoms with E-state index in [1.165, 1.54) is 25.1 Å². The molecular weight excluding hydrogens is 432 g/mol. The van der Waals surface area contributed by atoms with Crippen LogP contribution in [0.25, 0.3) is 0 Å². The highest BCUT2D eigenvalue weighted by atomic mass is 32.3. The standard InChI is InChI=1S/C20H24O8S2/c1-15(21)27-12-10-26-11-13-28-17-8-5-9-18-20(17)19(14-29(18,22)23)30(24,25)16-6-3-2-4-7-16/h2-9,19,22-23H,10-14H2,1H3. The van der Waals surface area contributed by atoms with Crippen LogP contribution in [-0.4, -0.2) is 55.7 Å². The molecular formula is C20H24O8S2. The highest BCUT2D eigenvalue weighted by molar-refractivity contribution is 8.25. The molecule has 0 fully saturated rings. The van der Waals surface area contributed by atoms with E-state index in [1.807, 2.05) is 0 Å². The van der Waals surface area contributed by atoms with Crippen molar-refractivity contribution in [2.24, 2.45) is 0 Å². The van der Waals surface area contributed by atoms with Gasteiger partial charge in [0.25, 0.3) is 0 Å². The first kappa shape index (κ1) is 22.6. The Morgan fingerprint density at radius 3 is 2.43 bits per heavy atom. The maximum atomic E-state index is 13.2. The first-order chi connectivity index (χ1) is 14.2. The predicted octanol–water partition coefficient (Wildman–Crippen LogP) is 3.28. The van der Waals surface area contributed by atoms with E-state index in [0.717, 1.165) is 0 Å². The topological polar surface area (TPSA) is 119 Å². The van der Waals surface area contributed by atoms with Crippen molar-refractivity contribution in [3.05, 3.63) is 54.1 Å². The summed E-state index contributed by atoms with van der Waals surface area (Å²) in [5.41, 5.74) is 0.279. The summed E-state index contributed by atoms with van der Waals surface area (Å²) in [6, 6.07) is 12.7. The zero-order valence-electron chi connectivity index (χ0n) is 16.4. The molecule has 0 radical (unpaired) electrons. The van der Waals surface area contributed by atoms with Crippen LogP contribution < -0.4 is 4.74 Å². The highest BCUT2D eigenvalue weighted by Gasteiger charge is 2.45. The van der Waals surface area contributed by atoms with Gasteiger partial charge in [-0.3, -0.25) is 13.9 Å². The third-order valence-corrected chi connectivity index (χ3v) is 8.70. The summed E-state index contributed by atoms with van der Waals surface area (Å²) < 4.78 is 63.3. The van der Waals surface area contributed by atoms with Crippen molar-refractivity contribution in [2.45, 2.75) is 22.0 Å². The third kappa shape index (κ3) is 4.96. The molecule has 0 aliphatic carbocycles. The number of benzene rings is 2. The van der Waals surface area contributed by atoms with Gasteiger partial charge in [0.2, 0.25) is 0 Å². The van der Waals surface area contributed by atoms with Gasteiger partial charge in [0, 0.05) is 12.5 Å². The fourth-order valence-electron chi connectivity index (χ4n) is 3.21. The summed E-state index contributed by atoms with van der Waals surface area (Å²) in [4.78, 5) is 11.0. The van der Waals surface area contributed by atoms with E-state index in [-0.39, 0.29) is 59.3 Å². The molecule has 1 unspecified atom stereocenters. The molecule has 2 aromatic carbocycles. The van der Waals surface area contributed by atoms with E-state index in [2.05, 4.69) is 0 Å². The van der Waals surface area contributed by atoms with Gasteiger partial charge >= 0.3 is 5.97 Å². The molecule has 0 saturated heterocycles. The van der Waals surface area contributed by atoms with Crippen LogP contribution in [0.2, 0.25) is 0 Å². The largest absolute Gasteiger partial charge is 0.491 e. The molecule has 2 N–H and O–H groups in total. The van der Waals surface area contributed by atoms with Crippen LogP contribution in [0, 0.1) is 0 Å². The Balaban J connectivity index is 1.77. The molecule has 0 aromatic heterocycles. The molecule has 164 valence electrons. The maximum absolute atomic E-state index is 13.2. The Morgan fingerprint density at radius 2 is 1.73 bits per heavy atom. The minimum absolute atomic E-state index is 0.113. The van der Waals surface area contributed by atoms with Gasteiger partial charge in [0.05, 0.1) is 28.8 Å². The maximum Gasteiger partial charge on any atom is 0.302 e. The first-order valence-corrected chi connectivity index (χ1v) is 12.5. The van der Waals surface area contributed by atoms with Crippen LogP contribution >= 0.6 is 10.6 Å². The number of sulfone groups is 1. The number of ether oxygens (including phenoxy) is 3. The Hall–Kier alpha value is -2.11. The van der Waals surface area contributed by atoms with E-state index in [0.29, 0.717) is 0 Å². The van der Waals surface area contributed by atoms with Gasteiger partial charge < -0.3 is 14.2 Å². The van der Waals surface area contributed by atoms with Crippen LogP contribution in [0.3, 0.4) is 0 Å². The van der Waals surface area contributed by atoms with E-state index >= 15 is 0 Å². The van der Waals surface area contributed by atoms with Crippen molar-refractivity contribution >= 4 is 26.4 Å². The van der Waals surface area contributed by atoms with Crippen molar-refractivity contribution < 1.29 is 36.5 Å². The molecule has 2 aromatic rings. The van der Waals surface area contributed by atoms with Crippen molar-refractivity contribution in [3.63, 3.8) is 0 Å². The van der Waals surface area contributed by atoms with Crippen LogP contribution in [0.1, 0.15) is 17.7 Å². The number of fused-ring (bicyclic) bond motifs is 1. The number of rotatable bonds is 9. The Kier molecular flexibility index (Phi) is 7.04. The lowest BCUT2D eigenvalue weighted by atomic mass is 10.1. The Morgan fingerprint density at radius 1 is 1.03 bits per heavy atom. The molecule has 0 bridgehead atoms. The molecule has 10 heteroatoms. The van der Waals surface area contributed by atoms with Crippen molar-refractivity contribution in [3.8, 4) is 5.75 Å². The zero-order valence-corrected chi connectivity index (χ0v) is 18.0. The monoisotopic (exact) mass is 456 g/mol. The lowest BCUT2D eigenvalue weighted by Gasteiger charge is -2.27. The summed E-state index contributed by atoms with van der Waals surface area (Å²) in [7, 11) is -7.11. The summed E-state index contributed by atoms with van der Waals surface area (Å²) in [6.07, 6.45) is 0. The van der Waals surface area contributed by atoms with Gasteiger partial charge in [-0.2, -0.15) is 10.6 Å². The number of hydrogen-bond donors (Lipinski definition) is 2. The normalized spacial score (nSPS) is 18.4.